The lowest BCUT2D eigenvalue weighted by Gasteiger charge is -2.27. The molecule has 0 amide bonds. The van der Waals surface area contributed by atoms with Gasteiger partial charge in [-0.2, -0.15) is 0 Å². The largest absolute Gasteiger partial charge is 0.392 e. The number of aromatic nitrogens is 1. The summed E-state index contributed by atoms with van der Waals surface area (Å²) in [5.74, 6) is 0. The first-order chi connectivity index (χ1) is 13.7. The Balaban J connectivity index is 1.69. The second kappa shape index (κ2) is 9.72. The van der Waals surface area contributed by atoms with Crippen LogP contribution in [0.15, 0.2) is 36.9 Å². The maximum atomic E-state index is 8.98. The van der Waals surface area contributed by atoms with Crippen molar-refractivity contribution in [1.82, 2.24) is 10.3 Å². The number of fused-ring (bicyclic) bond motifs is 1. The van der Waals surface area contributed by atoms with E-state index < -0.39 is 0 Å². The molecule has 0 saturated heterocycles. The minimum absolute atomic E-state index is 0.0859. The highest BCUT2D eigenvalue weighted by molar-refractivity contribution is 5.66. The van der Waals surface area contributed by atoms with Crippen LogP contribution >= 0.6 is 0 Å². The monoisotopic (exact) mass is 376 g/mol. The van der Waals surface area contributed by atoms with Gasteiger partial charge in [-0.1, -0.05) is 49.1 Å². The Kier molecular flexibility index (Phi) is 7.07. The fourth-order valence-electron chi connectivity index (χ4n) is 4.26. The van der Waals surface area contributed by atoms with Crippen molar-refractivity contribution in [3.8, 4) is 0 Å². The van der Waals surface area contributed by atoms with E-state index in [0.29, 0.717) is 6.04 Å². The van der Waals surface area contributed by atoms with Crippen LogP contribution in [0.4, 0.5) is 0 Å². The number of benzene rings is 1. The van der Waals surface area contributed by atoms with E-state index in [1.165, 1.54) is 46.4 Å². The molecule has 3 rings (SSSR count). The third-order valence-corrected chi connectivity index (χ3v) is 5.59. The van der Waals surface area contributed by atoms with E-state index in [9.17, 15) is 0 Å². The van der Waals surface area contributed by atoms with Crippen LogP contribution in [-0.2, 0) is 12.8 Å². The number of rotatable bonds is 8. The topological polar surface area (TPSA) is 48.0 Å². The zero-order valence-corrected chi connectivity index (χ0v) is 17.1. The van der Waals surface area contributed by atoms with Gasteiger partial charge in [0.25, 0.3) is 0 Å². The Hall–Kier alpha value is -2.36. The first kappa shape index (κ1) is 20.4. The molecule has 2 aromatic rings. The molecule has 28 heavy (non-hydrogen) atoms. The Bertz CT molecular complexity index is 873. The molecule has 1 aliphatic rings. The molecule has 0 radical (unpaired) electrons. The molecule has 1 heterocycles. The van der Waals surface area contributed by atoms with Gasteiger partial charge in [-0.25, -0.2) is 0 Å². The summed E-state index contributed by atoms with van der Waals surface area (Å²) in [5, 5.41) is 12.8. The van der Waals surface area contributed by atoms with E-state index in [1.54, 1.807) is 6.08 Å². The molecule has 1 aromatic heterocycles. The second-order valence-corrected chi connectivity index (χ2v) is 7.45. The van der Waals surface area contributed by atoms with Gasteiger partial charge in [0, 0.05) is 23.0 Å². The van der Waals surface area contributed by atoms with E-state index in [-0.39, 0.29) is 6.61 Å². The summed E-state index contributed by atoms with van der Waals surface area (Å²) >= 11 is 0. The normalized spacial score (nSPS) is 16.8. The number of aliphatic hydroxyl groups excluding tert-OH is 1. The minimum atomic E-state index is 0.0859. The summed E-state index contributed by atoms with van der Waals surface area (Å²) in [5.41, 5.74) is 9.02. The van der Waals surface area contributed by atoms with Gasteiger partial charge in [-0.05, 0) is 74.4 Å². The highest BCUT2D eigenvalue weighted by Gasteiger charge is 2.20. The average molecular weight is 377 g/mol. The highest BCUT2D eigenvalue weighted by atomic mass is 16.2. The second-order valence-electron chi connectivity index (χ2n) is 7.45. The van der Waals surface area contributed by atoms with Crippen molar-refractivity contribution in [2.75, 3.05) is 13.2 Å². The fraction of sp³-hybridized carbons (Fsp3) is 0.360. The lowest BCUT2D eigenvalue weighted by atomic mass is 9.86. The maximum absolute atomic E-state index is 8.98. The summed E-state index contributed by atoms with van der Waals surface area (Å²) in [6, 6.07) is 7.10. The molecule has 1 unspecified atom stereocenters. The number of nitrogens with one attached hydrogen (secondary N) is 2. The molecular formula is C25H32N2O. The molecule has 0 bridgehead atoms. The molecule has 3 N–H and O–H groups in total. The van der Waals surface area contributed by atoms with Gasteiger partial charge in [0.2, 0.25) is 0 Å². The van der Waals surface area contributed by atoms with Crippen LogP contribution in [0, 0.1) is 6.92 Å². The van der Waals surface area contributed by atoms with Crippen molar-refractivity contribution < 1.29 is 5.11 Å². The van der Waals surface area contributed by atoms with Gasteiger partial charge < -0.3 is 15.4 Å². The Morgan fingerprint density at radius 2 is 2.18 bits per heavy atom. The number of H-pyrrole nitrogens is 1. The number of aromatic amines is 1. The quantitative estimate of drug-likeness (QED) is 0.592. The highest BCUT2D eigenvalue weighted by Crippen LogP contribution is 2.31. The zero-order chi connectivity index (χ0) is 19.9. The molecule has 0 fully saturated rings. The van der Waals surface area contributed by atoms with Crippen LogP contribution in [-0.4, -0.2) is 23.2 Å². The van der Waals surface area contributed by atoms with Crippen molar-refractivity contribution in [2.24, 2.45) is 0 Å². The van der Waals surface area contributed by atoms with Gasteiger partial charge in [-0.15, -0.1) is 0 Å². The van der Waals surface area contributed by atoms with Crippen LogP contribution < -0.4 is 5.32 Å². The lowest BCUT2D eigenvalue weighted by Crippen LogP contribution is -2.27. The maximum Gasteiger partial charge on any atom is 0.0615 e. The van der Waals surface area contributed by atoms with Crippen LogP contribution in [0.2, 0.25) is 0 Å². The predicted molar refractivity (Wildman–Crippen MR) is 120 cm³/mol. The smallest absolute Gasteiger partial charge is 0.0615 e. The third kappa shape index (κ3) is 4.54. The van der Waals surface area contributed by atoms with Crippen molar-refractivity contribution in [3.63, 3.8) is 0 Å². The van der Waals surface area contributed by atoms with Gasteiger partial charge >= 0.3 is 0 Å². The molecule has 0 saturated carbocycles. The number of allylic oxidation sites excluding steroid dienone is 1. The molecule has 148 valence electrons. The first-order valence-electron chi connectivity index (χ1n) is 10.3. The van der Waals surface area contributed by atoms with Crippen LogP contribution in [0.1, 0.15) is 65.0 Å². The van der Waals surface area contributed by atoms with Crippen LogP contribution in [0.5, 0.6) is 0 Å². The summed E-state index contributed by atoms with van der Waals surface area (Å²) in [4.78, 5) is 3.45. The SMILES string of the molecule is C=Cc1[nH]c(C)c(CCNC2CCCc3cc(/C=C/CO)ccc32)c1/C=C\C. The van der Waals surface area contributed by atoms with Gasteiger partial charge in [0.1, 0.15) is 0 Å². The third-order valence-electron chi connectivity index (χ3n) is 5.59. The average Bonchev–Trinajstić information content (AvgIpc) is 3.01. The molecule has 1 atom stereocenters. The van der Waals surface area contributed by atoms with Crippen LogP contribution in [0.3, 0.4) is 0 Å². The van der Waals surface area contributed by atoms with E-state index in [4.69, 9.17) is 5.11 Å². The van der Waals surface area contributed by atoms with Crippen LogP contribution in [0.25, 0.3) is 18.2 Å². The zero-order valence-electron chi connectivity index (χ0n) is 17.1. The molecule has 1 aromatic carbocycles. The molecule has 3 nitrogen and oxygen atoms in total. The number of aryl methyl sites for hydroxylation is 2. The van der Waals surface area contributed by atoms with E-state index >= 15 is 0 Å². The molecule has 0 aliphatic heterocycles. The fourth-order valence-corrected chi connectivity index (χ4v) is 4.26. The number of hydrogen-bond donors (Lipinski definition) is 3. The summed E-state index contributed by atoms with van der Waals surface area (Å²) < 4.78 is 0. The summed E-state index contributed by atoms with van der Waals surface area (Å²) in [6.45, 7) is 9.17. The van der Waals surface area contributed by atoms with Crippen molar-refractivity contribution in [3.05, 3.63) is 76.1 Å². The lowest BCUT2D eigenvalue weighted by molar-refractivity contribution is 0.343. The van der Waals surface area contributed by atoms with E-state index in [2.05, 4.69) is 61.1 Å². The molecule has 0 spiro atoms. The summed E-state index contributed by atoms with van der Waals surface area (Å²) in [6.07, 6.45) is 14.5. The predicted octanol–water partition coefficient (Wildman–Crippen LogP) is 5.21. The van der Waals surface area contributed by atoms with Crippen molar-refractivity contribution >= 4 is 18.2 Å². The Labute approximate surface area is 168 Å². The standard InChI is InChI=1S/C25H32N2O/c1-4-8-23-21(18(3)27-24(23)5-2)14-15-26-25-11-6-10-20-17-19(9-7-16-28)12-13-22(20)25/h4-5,7-9,12-13,17,25-28H,2,6,10-11,14-16H2,1,3H3/b8-4-,9-7+. The van der Waals surface area contributed by atoms with Gasteiger partial charge in [0.15, 0.2) is 0 Å². The Morgan fingerprint density at radius 3 is 2.93 bits per heavy atom. The van der Waals surface area contributed by atoms with Gasteiger partial charge in [0.05, 0.1) is 6.61 Å². The minimum Gasteiger partial charge on any atom is -0.392 e. The van der Waals surface area contributed by atoms with Gasteiger partial charge in [-0.3, -0.25) is 0 Å². The molecule has 1 aliphatic carbocycles. The van der Waals surface area contributed by atoms with E-state index in [0.717, 1.165) is 25.1 Å². The first-order valence-corrected chi connectivity index (χ1v) is 10.3. The van der Waals surface area contributed by atoms with Crippen molar-refractivity contribution in [2.45, 2.75) is 45.6 Å². The molecule has 3 heteroatoms. The molecular weight excluding hydrogens is 344 g/mol. The number of hydrogen-bond acceptors (Lipinski definition) is 2. The number of aliphatic hydroxyl groups is 1. The Morgan fingerprint density at radius 1 is 1.32 bits per heavy atom. The van der Waals surface area contributed by atoms with E-state index in [1.807, 2.05) is 12.2 Å². The van der Waals surface area contributed by atoms with Crippen molar-refractivity contribution in [1.29, 1.82) is 0 Å². The summed E-state index contributed by atoms with van der Waals surface area (Å²) in [7, 11) is 0.